The molecule has 0 spiro atoms. The Bertz CT molecular complexity index is 1680. The summed E-state index contributed by atoms with van der Waals surface area (Å²) < 4.78 is 2.24. The van der Waals surface area contributed by atoms with E-state index in [1.165, 1.54) is 38.9 Å². The first-order valence-electron chi connectivity index (χ1n) is 14.3. The van der Waals surface area contributed by atoms with E-state index < -0.39 is 11.6 Å². The minimum atomic E-state index is -0.581. The van der Waals surface area contributed by atoms with Gasteiger partial charge >= 0.3 is 0 Å². The van der Waals surface area contributed by atoms with Crippen molar-refractivity contribution in [1.82, 2.24) is 9.55 Å². The van der Waals surface area contributed by atoms with Gasteiger partial charge in [-0.1, -0.05) is 133 Å². The number of aryl methyl sites for hydroxylation is 1. The predicted molar refractivity (Wildman–Crippen MR) is 165 cm³/mol. The van der Waals surface area contributed by atoms with Gasteiger partial charge in [-0.25, -0.2) is 4.98 Å². The van der Waals surface area contributed by atoms with Crippen LogP contribution in [0.2, 0.25) is 0 Å². The fourth-order valence-corrected chi connectivity index (χ4v) is 6.48. The zero-order chi connectivity index (χ0) is 27.6. The number of benzene rings is 5. The monoisotopic (exact) mass is 532 g/mol. The molecule has 0 amide bonds. The quantitative estimate of drug-likeness (QED) is 0.202. The Morgan fingerprint density at radius 2 is 1.22 bits per heavy atom. The number of fused-ring (bicyclic) bond motifs is 3. The van der Waals surface area contributed by atoms with Gasteiger partial charge in [0.15, 0.2) is 0 Å². The fraction of sp³-hybridized carbons (Fsp3) is 0.132. The van der Waals surface area contributed by atoms with E-state index in [0.717, 1.165) is 17.7 Å². The van der Waals surface area contributed by atoms with Crippen LogP contribution >= 0.6 is 0 Å². The molecule has 1 N–H and O–H groups in total. The van der Waals surface area contributed by atoms with Crippen LogP contribution < -0.4 is 0 Å². The van der Waals surface area contributed by atoms with Crippen molar-refractivity contribution in [1.29, 1.82) is 0 Å². The number of aromatic nitrogens is 2. The van der Waals surface area contributed by atoms with Crippen LogP contribution in [-0.2, 0) is 18.4 Å². The highest BCUT2D eigenvalue weighted by Gasteiger charge is 2.38. The third-order valence-electron chi connectivity index (χ3n) is 8.47. The summed E-state index contributed by atoms with van der Waals surface area (Å²) in [5.41, 5.74) is 10.1. The van der Waals surface area contributed by atoms with Crippen molar-refractivity contribution in [2.45, 2.75) is 30.9 Å². The van der Waals surface area contributed by atoms with Gasteiger partial charge in [0.2, 0.25) is 0 Å². The number of aliphatic hydroxyl groups is 1. The molecular formula is C38H32N2O. The Balaban J connectivity index is 1.19. The van der Waals surface area contributed by atoms with Crippen LogP contribution in [0.3, 0.4) is 0 Å². The first-order chi connectivity index (χ1) is 20.2. The van der Waals surface area contributed by atoms with Gasteiger partial charge in [-0.15, -0.1) is 0 Å². The van der Waals surface area contributed by atoms with E-state index in [9.17, 15) is 5.11 Å². The van der Waals surface area contributed by atoms with Crippen LogP contribution in [0.4, 0.5) is 0 Å². The lowest BCUT2D eigenvalue weighted by Gasteiger charge is -2.37. The van der Waals surface area contributed by atoms with Crippen molar-refractivity contribution in [2.24, 2.45) is 0 Å². The first-order valence-corrected chi connectivity index (χ1v) is 14.3. The summed E-state index contributed by atoms with van der Waals surface area (Å²) in [6.45, 7) is 0. The van der Waals surface area contributed by atoms with Gasteiger partial charge in [0.25, 0.3) is 0 Å². The summed E-state index contributed by atoms with van der Waals surface area (Å²) >= 11 is 0. The predicted octanol–water partition coefficient (Wildman–Crippen LogP) is 7.96. The van der Waals surface area contributed by atoms with Gasteiger partial charge in [0, 0.05) is 6.20 Å². The molecule has 6 aromatic rings. The second kappa shape index (κ2) is 10.7. The maximum absolute atomic E-state index is 11.2. The second-order valence-electron chi connectivity index (χ2n) is 10.9. The zero-order valence-corrected chi connectivity index (χ0v) is 22.9. The maximum atomic E-state index is 11.2. The molecule has 1 aliphatic rings. The summed E-state index contributed by atoms with van der Waals surface area (Å²) in [7, 11) is 0. The average Bonchev–Trinajstić information content (AvgIpc) is 3.66. The van der Waals surface area contributed by atoms with Crippen LogP contribution in [0.1, 0.15) is 51.6 Å². The van der Waals surface area contributed by atoms with E-state index in [4.69, 9.17) is 4.98 Å². The summed E-state index contributed by atoms with van der Waals surface area (Å²) in [5, 5.41) is 11.2. The van der Waals surface area contributed by atoms with Gasteiger partial charge in [-0.05, 0) is 63.8 Å². The number of aliphatic hydroxyl groups excluding tert-OH is 1. The van der Waals surface area contributed by atoms with Crippen LogP contribution in [0.15, 0.2) is 146 Å². The minimum Gasteiger partial charge on any atom is -0.388 e. The van der Waals surface area contributed by atoms with Crippen molar-refractivity contribution in [3.05, 3.63) is 185 Å². The third kappa shape index (κ3) is 4.49. The van der Waals surface area contributed by atoms with E-state index in [1.807, 2.05) is 6.33 Å². The highest BCUT2D eigenvalue weighted by molar-refractivity contribution is 5.77. The highest BCUT2D eigenvalue weighted by atomic mass is 16.3. The lowest BCUT2D eigenvalue weighted by Crippen LogP contribution is -2.36. The molecule has 1 aromatic heterocycles. The number of imidazole rings is 1. The topological polar surface area (TPSA) is 38.0 Å². The molecule has 200 valence electrons. The Labute approximate surface area is 241 Å². The van der Waals surface area contributed by atoms with Gasteiger partial charge < -0.3 is 9.67 Å². The van der Waals surface area contributed by atoms with E-state index >= 15 is 0 Å². The van der Waals surface area contributed by atoms with Crippen molar-refractivity contribution < 1.29 is 5.11 Å². The van der Waals surface area contributed by atoms with Crippen molar-refractivity contribution in [3.8, 4) is 11.1 Å². The Hall–Kier alpha value is -4.73. The average molecular weight is 533 g/mol. The number of nitrogens with zero attached hydrogens (tertiary/aromatic N) is 2. The molecular weight excluding hydrogens is 500 g/mol. The molecule has 1 atom stereocenters. The summed E-state index contributed by atoms with van der Waals surface area (Å²) in [6, 6.07) is 46.9. The van der Waals surface area contributed by atoms with E-state index in [1.54, 1.807) is 0 Å². The third-order valence-corrected chi connectivity index (χ3v) is 8.47. The smallest absolute Gasteiger partial charge is 0.121 e. The number of hydrogen-bond donors (Lipinski definition) is 1. The molecule has 1 heterocycles. The normalized spacial score (nSPS) is 13.0. The molecule has 3 nitrogen and oxygen atoms in total. The van der Waals surface area contributed by atoms with Gasteiger partial charge in [0.1, 0.15) is 5.54 Å². The molecule has 1 unspecified atom stereocenters. The fourth-order valence-electron chi connectivity index (χ4n) is 6.48. The summed E-state index contributed by atoms with van der Waals surface area (Å²) in [6.07, 6.45) is 5.77. The van der Waals surface area contributed by atoms with Crippen molar-refractivity contribution >= 4 is 0 Å². The zero-order valence-electron chi connectivity index (χ0n) is 22.9. The molecule has 0 fully saturated rings. The Morgan fingerprint density at radius 3 is 1.85 bits per heavy atom. The standard InChI is InChI=1S/C38H32N2O/c41-37(29-20-22-36-30(25-29)24-28-12-10-11-19-35(28)36)23-21-34-26-40(27-39-34)38(31-13-4-1-5-14-31,32-15-6-2-7-16-32)33-17-8-3-9-18-33/h1-20,22,25-27,37,41H,21,23-24H2. The molecule has 41 heavy (non-hydrogen) atoms. The highest BCUT2D eigenvalue weighted by Crippen LogP contribution is 2.41. The minimum absolute atomic E-state index is 0.545. The molecule has 5 aromatic carbocycles. The lowest BCUT2D eigenvalue weighted by atomic mass is 9.77. The lowest BCUT2D eigenvalue weighted by molar-refractivity contribution is 0.167. The van der Waals surface area contributed by atoms with E-state index in [-0.39, 0.29) is 0 Å². The molecule has 0 saturated heterocycles. The molecule has 3 heteroatoms. The Morgan fingerprint density at radius 1 is 0.659 bits per heavy atom. The largest absolute Gasteiger partial charge is 0.388 e. The maximum Gasteiger partial charge on any atom is 0.121 e. The van der Waals surface area contributed by atoms with Gasteiger partial charge in [-0.2, -0.15) is 0 Å². The SMILES string of the molecule is OC(CCc1cn(C(c2ccccc2)(c2ccccc2)c2ccccc2)cn1)c1ccc2c(c1)Cc1ccccc1-2. The molecule has 0 aliphatic heterocycles. The molecule has 0 saturated carbocycles. The summed E-state index contributed by atoms with van der Waals surface area (Å²) in [5.74, 6) is 0. The van der Waals surface area contributed by atoms with Gasteiger partial charge in [0.05, 0.1) is 18.1 Å². The molecule has 7 rings (SSSR count). The van der Waals surface area contributed by atoms with Crippen LogP contribution in [0.5, 0.6) is 0 Å². The Kier molecular flexibility index (Phi) is 6.58. The number of rotatable bonds is 8. The van der Waals surface area contributed by atoms with Crippen LogP contribution in [0.25, 0.3) is 11.1 Å². The second-order valence-corrected chi connectivity index (χ2v) is 10.9. The molecule has 0 bridgehead atoms. The van der Waals surface area contributed by atoms with E-state index in [2.05, 4.69) is 144 Å². The van der Waals surface area contributed by atoms with Crippen molar-refractivity contribution in [2.75, 3.05) is 0 Å². The van der Waals surface area contributed by atoms with Crippen LogP contribution in [-0.4, -0.2) is 14.7 Å². The van der Waals surface area contributed by atoms with E-state index in [0.29, 0.717) is 12.8 Å². The first kappa shape index (κ1) is 25.3. The van der Waals surface area contributed by atoms with Gasteiger partial charge in [-0.3, -0.25) is 0 Å². The van der Waals surface area contributed by atoms with Crippen molar-refractivity contribution in [3.63, 3.8) is 0 Å². The van der Waals surface area contributed by atoms with Crippen LogP contribution in [0, 0.1) is 0 Å². The molecule has 0 radical (unpaired) electrons. The number of hydrogen-bond acceptors (Lipinski definition) is 2. The molecule has 1 aliphatic carbocycles. The summed E-state index contributed by atoms with van der Waals surface area (Å²) in [4.78, 5) is 4.86.